The van der Waals surface area contributed by atoms with Crippen LogP contribution in [0.1, 0.15) is 194 Å². The van der Waals surface area contributed by atoms with Gasteiger partial charge in [-0.15, -0.1) is 0 Å². The number of amides is 1. The zero-order valence-electron chi connectivity index (χ0n) is 47.8. The van der Waals surface area contributed by atoms with Crippen LogP contribution in [0.3, 0.4) is 0 Å². The van der Waals surface area contributed by atoms with Gasteiger partial charge >= 0.3 is 5.97 Å². The van der Waals surface area contributed by atoms with Crippen LogP contribution in [0.4, 0.5) is 0 Å². The third-order valence-electron chi connectivity index (χ3n) is 12.9. The molecule has 11 nitrogen and oxygen atoms in total. The lowest BCUT2D eigenvalue weighted by Crippen LogP contribution is -2.61. The van der Waals surface area contributed by atoms with Gasteiger partial charge in [0.1, 0.15) is 24.4 Å². The Morgan fingerprint density at radius 2 is 1.00 bits per heavy atom. The first-order valence-corrected chi connectivity index (χ1v) is 29.7. The van der Waals surface area contributed by atoms with E-state index in [1.165, 1.54) is 38.5 Å². The summed E-state index contributed by atoms with van der Waals surface area (Å²) in [7, 11) is 0. The Balaban J connectivity index is 2.74. The zero-order valence-corrected chi connectivity index (χ0v) is 47.8. The second-order valence-corrected chi connectivity index (χ2v) is 19.8. The summed E-state index contributed by atoms with van der Waals surface area (Å²) in [6.45, 7) is 5.45. The Kier molecular flexibility index (Phi) is 47.9. The number of aliphatic hydroxyl groups is 5. The molecule has 0 radical (unpaired) electrons. The molecule has 8 atom stereocenters. The van der Waals surface area contributed by atoms with Crippen LogP contribution in [0.15, 0.2) is 146 Å². The number of carbonyl (C=O) groups excluding carboxylic acids is 2. The van der Waals surface area contributed by atoms with E-state index in [9.17, 15) is 35.1 Å². The van der Waals surface area contributed by atoms with Gasteiger partial charge in [0, 0.05) is 6.42 Å². The molecule has 1 aliphatic rings. The van der Waals surface area contributed by atoms with E-state index in [0.717, 1.165) is 109 Å². The molecule has 1 aliphatic heterocycles. The topological polar surface area (TPSA) is 175 Å². The normalized spacial score (nSPS) is 20.1. The second-order valence-electron chi connectivity index (χ2n) is 19.8. The van der Waals surface area contributed by atoms with Gasteiger partial charge in [-0.25, -0.2) is 0 Å². The van der Waals surface area contributed by atoms with E-state index >= 15 is 0 Å². The van der Waals surface area contributed by atoms with Crippen molar-refractivity contribution >= 4 is 11.9 Å². The number of hydrogen-bond donors (Lipinski definition) is 6. The molecule has 0 aromatic rings. The first-order valence-electron chi connectivity index (χ1n) is 29.7. The van der Waals surface area contributed by atoms with Gasteiger partial charge in [0.15, 0.2) is 12.4 Å². The quantitative estimate of drug-likeness (QED) is 0.0149. The summed E-state index contributed by atoms with van der Waals surface area (Å²) in [6, 6.07) is -1.06. The minimum absolute atomic E-state index is 0.0858. The molecule has 1 amide bonds. The van der Waals surface area contributed by atoms with Crippen LogP contribution in [-0.2, 0) is 23.8 Å². The number of hydrogen-bond acceptors (Lipinski definition) is 10. The lowest BCUT2D eigenvalue weighted by Gasteiger charge is -2.41. The van der Waals surface area contributed by atoms with Gasteiger partial charge in [0.25, 0.3) is 0 Å². The number of allylic oxidation sites excluding steroid dienone is 23. The molecule has 1 fully saturated rings. The van der Waals surface area contributed by atoms with Crippen molar-refractivity contribution in [1.82, 2.24) is 5.32 Å². The van der Waals surface area contributed by atoms with Crippen LogP contribution in [0.25, 0.3) is 0 Å². The molecular formula is C66H105NO10. The molecule has 1 saturated heterocycles. The molecule has 0 aliphatic carbocycles. The lowest BCUT2D eigenvalue weighted by atomic mass is 9.99. The molecule has 0 aromatic carbocycles. The molecule has 11 heteroatoms. The number of carbonyl (C=O) groups is 2. The van der Waals surface area contributed by atoms with E-state index < -0.39 is 67.4 Å². The van der Waals surface area contributed by atoms with Crippen molar-refractivity contribution in [2.24, 2.45) is 0 Å². The Hall–Kier alpha value is -4.46. The van der Waals surface area contributed by atoms with Crippen molar-refractivity contribution in [3.63, 3.8) is 0 Å². The summed E-state index contributed by atoms with van der Waals surface area (Å²) in [5.41, 5.74) is 0. The number of unbranched alkanes of at least 4 members (excludes halogenated alkanes) is 16. The van der Waals surface area contributed by atoms with Crippen LogP contribution in [0, 0.1) is 0 Å². The van der Waals surface area contributed by atoms with Crippen molar-refractivity contribution in [3.8, 4) is 0 Å². The smallest absolute Gasteiger partial charge is 0.306 e. The molecule has 8 unspecified atom stereocenters. The van der Waals surface area contributed by atoms with Crippen LogP contribution in [-0.4, -0.2) is 99.6 Å². The van der Waals surface area contributed by atoms with Crippen molar-refractivity contribution in [2.75, 3.05) is 13.2 Å². The largest absolute Gasteiger partial charge is 0.454 e. The number of esters is 1. The Morgan fingerprint density at radius 1 is 0.532 bits per heavy atom. The van der Waals surface area contributed by atoms with Crippen LogP contribution < -0.4 is 5.32 Å². The predicted molar refractivity (Wildman–Crippen MR) is 319 cm³/mol. The maximum atomic E-state index is 13.4. The summed E-state index contributed by atoms with van der Waals surface area (Å²) in [5.74, 6) is -1.28. The molecule has 0 saturated carbocycles. The maximum absolute atomic E-state index is 13.4. The first-order chi connectivity index (χ1) is 37.7. The molecule has 77 heavy (non-hydrogen) atoms. The second kappa shape index (κ2) is 52.3. The number of ether oxygens (including phenoxy) is 3. The third kappa shape index (κ3) is 40.4. The van der Waals surface area contributed by atoms with Gasteiger partial charge in [-0.05, 0) is 89.9 Å². The highest BCUT2D eigenvalue weighted by molar-refractivity contribution is 5.80. The first kappa shape index (κ1) is 70.6. The number of nitrogens with one attached hydrogen (secondary N) is 1. The minimum Gasteiger partial charge on any atom is -0.454 e. The fourth-order valence-electron chi connectivity index (χ4n) is 8.24. The highest BCUT2D eigenvalue weighted by Crippen LogP contribution is 2.26. The van der Waals surface area contributed by atoms with Crippen molar-refractivity contribution in [3.05, 3.63) is 146 Å². The number of aliphatic hydroxyl groups excluding tert-OH is 5. The Bertz CT molecular complexity index is 1800. The van der Waals surface area contributed by atoms with Crippen molar-refractivity contribution in [2.45, 2.75) is 243 Å². The highest BCUT2D eigenvalue weighted by atomic mass is 16.7. The van der Waals surface area contributed by atoms with E-state index in [4.69, 9.17) is 14.2 Å². The monoisotopic (exact) mass is 1070 g/mol. The highest BCUT2D eigenvalue weighted by Gasteiger charge is 2.47. The average molecular weight is 1070 g/mol. The molecule has 0 spiro atoms. The van der Waals surface area contributed by atoms with Crippen LogP contribution >= 0.6 is 0 Å². The Labute approximate surface area is 466 Å². The molecule has 434 valence electrons. The standard InChI is InChI=1S/C66H105NO10/c1-4-7-10-13-16-19-22-24-26-28-29-30-31-32-34-36-39-42-45-48-51-54-61(71)77-64-63(73)62(72)60(55-68)76-66(64)75-56-57(58(69)52-49-46-43-40-37-21-18-15-12-9-6-3)67-65(74)59(70)53-50-47-44-41-38-35-33-27-25-23-20-17-14-11-8-5-2/h7-8,10-11,14,16-17,19-20,23-27,29-30,32-35,38,41,49,52,57-60,62-64,66,68-70,72-73H,4-6,9,12-13,15,18,21-22,28,31,36-37,39-40,42-48,50-51,53-56H2,1-3H3,(H,67,74)/b10-7-,11-8-,17-14+,19-16-,23-20+,26-24-,27-25-,30-29-,34-32-,35-33+,41-38+,52-49+. The van der Waals surface area contributed by atoms with E-state index in [2.05, 4.69) is 92.9 Å². The van der Waals surface area contributed by atoms with Crippen molar-refractivity contribution in [1.29, 1.82) is 0 Å². The van der Waals surface area contributed by atoms with Gasteiger partial charge in [0.05, 0.1) is 25.4 Å². The number of rotatable bonds is 47. The van der Waals surface area contributed by atoms with Gasteiger partial charge in [-0.1, -0.05) is 244 Å². The maximum Gasteiger partial charge on any atom is 0.306 e. The summed E-state index contributed by atoms with van der Waals surface area (Å²) in [6.07, 6.45) is 64.5. The van der Waals surface area contributed by atoms with Gasteiger partial charge < -0.3 is 45.1 Å². The molecule has 6 N–H and O–H groups in total. The summed E-state index contributed by atoms with van der Waals surface area (Å²) < 4.78 is 17.5. The Morgan fingerprint density at radius 3 is 1.56 bits per heavy atom. The van der Waals surface area contributed by atoms with E-state index in [1.807, 2.05) is 72.9 Å². The van der Waals surface area contributed by atoms with E-state index in [-0.39, 0.29) is 19.4 Å². The van der Waals surface area contributed by atoms with E-state index in [1.54, 1.807) is 6.08 Å². The summed E-state index contributed by atoms with van der Waals surface area (Å²) >= 11 is 0. The zero-order chi connectivity index (χ0) is 56.1. The summed E-state index contributed by atoms with van der Waals surface area (Å²) in [4.78, 5) is 26.5. The lowest BCUT2D eigenvalue weighted by molar-refractivity contribution is -0.305. The van der Waals surface area contributed by atoms with Gasteiger partial charge in [0.2, 0.25) is 5.91 Å². The molecule has 0 aromatic heterocycles. The fraction of sp³-hybridized carbons (Fsp3) is 0.606. The molecular weight excluding hydrogens is 967 g/mol. The van der Waals surface area contributed by atoms with Crippen LogP contribution in [0.5, 0.6) is 0 Å². The van der Waals surface area contributed by atoms with Crippen LogP contribution in [0.2, 0.25) is 0 Å². The van der Waals surface area contributed by atoms with Gasteiger partial charge in [-0.3, -0.25) is 9.59 Å². The van der Waals surface area contributed by atoms with Gasteiger partial charge in [-0.2, -0.15) is 0 Å². The SMILES string of the molecule is CC\C=C/C=C/C=C/C=C\C=C\C=C\CCCCC(O)C(=O)NC(COC1OC(CO)C(O)C(O)C1OC(=O)CCCCCCC/C=C\C/C=C\C/C=C\C/C=C\C/C=C\CC)C(O)/C=C/CCCCCCCCCCC. The third-order valence-corrected chi connectivity index (χ3v) is 12.9. The van der Waals surface area contributed by atoms with Crippen molar-refractivity contribution < 1.29 is 49.3 Å². The molecule has 1 heterocycles. The fourth-order valence-corrected chi connectivity index (χ4v) is 8.24. The predicted octanol–water partition coefficient (Wildman–Crippen LogP) is 13.8. The minimum atomic E-state index is -1.64. The summed E-state index contributed by atoms with van der Waals surface area (Å²) in [5, 5.41) is 56.8. The van der Waals surface area contributed by atoms with E-state index in [0.29, 0.717) is 12.8 Å². The molecule has 1 rings (SSSR count). The average Bonchev–Trinajstić information content (AvgIpc) is 3.43. The molecule has 0 bridgehead atoms.